The van der Waals surface area contributed by atoms with Crippen molar-refractivity contribution in [3.8, 4) is 11.6 Å². The third-order valence-electron chi connectivity index (χ3n) is 7.14. The van der Waals surface area contributed by atoms with Crippen molar-refractivity contribution in [1.82, 2.24) is 19.0 Å². The Labute approximate surface area is 238 Å². The van der Waals surface area contributed by atoms with Crippen LogP contribution in [0.5, 0.6) is 5.88 Å². The van der Waals surface area contributed by atoms with Crippen molar-refractivity contribution in [3.63, 3.8) is 0 Å². The van der Waals surface area contributed by atoms with Crippen molar-refractivity contribution in [2.24, 2.45) is 0 Å². The number of rotatable bonds is 6. The Kier molecular flexibility index (Phi) is 7.58. The van der Waals surface area contributed by atoms with Crippen molar-refractivity contribution in [2.75, 3.05) is 31.1 Å². The lowest BCUT2D eigenvalue weighted by Crippen LogP contribution is -2.49. The first-order chi connectivity index (χ1) is 19.9. The number of aromatic hydroxyl groups is 1. The van der Waals surface area contributed by atoms with E-state index in [1.807, 2.05) is 30.3 Å². The van der Waals surface area contributed by atoms with E-state index < -0.39 is 31.8 Å². The van der Waals surface area contributed by atoms with Crippen LogP contribution in [0, 0.1) is 6.92 Å². The van der Waals surface area contributed by atoms with Gasteiger partial charge in [0.25, 0.3) is 15.7 Å². The summed E-state index contributed by atoms with van der Waals surface area (Å²) in [4.78, 5) is 33.6. The fraction of sp³-hybridized carbons (Fsp3) is 0.250. The minimum Gasteiger partial charge on any atom is -0.493 e. The molecule has 4 aromatic rings. The maximum absolute atomic E-state index is 13.2. The Hall–Kier alpha value is -4.59. The van der Waals surface area contributed by atoms with Crippen LogP contribution >= 0.6 is 0 Å². The third-order valence-corrected chi connectivity index (χ3v) is 8.65. The van der Waals surface area contributed by atoms with Gasteiger partial charge in [-0.15, -0.1) is 0 Å². The van der Waals surface area contributed by atoms with Gasteiger partial charge in [0.1, 0.15) is 5.69 Å². The van der Waals surface area contributed by atoms with E-state index in [2.05, 4.69) is 9.88 Å². The number of amides is 1. The Balaban J connectivity index is 1.34. The molecule has 2 aromatic carbocycles. The van der Waals surface area contributed by atoms with Gasteiger partial charge in [-0.1, -0.05) is 18.2 Å². The number of nitrogens with zero attached hydrogens (tertiary/aromatic N) is 5. The number of anilines is 1. The molecule has 1 amide bonds. The molecule has 42 heavy (non-hydrogen) atoms. The second kappa shape index (κ2) is 11.0. The summed E-state index contributed by atoms with van der Waals surface area (Å²) < 4.78 is 64.1. The van der Waals surface area contributed by atoms with Crippen molar-refractivity contribution in [2.45, 2.75) is 23.9 Å². The molecule has 0 unspecified atom stereocenters. The molecule has 220 valence electrons. The van der Waals surface area contributed by atoms with Crippen LogP contribution in [0.15, 0.2) is 82.6 Å². The zero-order valence-electron chi connectivity index (χ0n) is 22.3. The zero-order valence-corrected chi connectivity index (χ0v) is 23.1. The molecule has 1 aliphatic rings. The SMILES string of the molecule is Cc1c(O)n(-c2ccc(S(=O)(=O)C(F)(F)F)cc2)c(=O)n1Cc1ccnc(C(=O)N2CCN(c3ccccc3)CC2)c1. The molecule has 1 N–H and O–H groups in total. The number of sulfone groups is 1. The van der Waals surface area contributed by atoms with Gasteiger partial charge >= 0.3 is 11.2 Å². The fourth-order valence-electron chi connectivity index (χ4n) is 4.80. The van der Waals surface area contributed by atoms with E-state index in [9.17, 15) is 36.3 Å². The molecule has 3 heterocycles. The average Bonchev–Trinajstić information content (AvgIpc) is 3.19. The number of benzene rings is 2. The lowest BCUT2D eigenvalue weighted by Gasteiger charge is -2.36. The van der Waals surface area contributed by atoms with Crippen LogP contribution in [0.2, 0.25) is 0 Å². The number of hydrogen-bond donors (Lipinski definition) is 1. The minimum absolute atomic E-state index is 0.0271. The number of pyridine rings is 1. The van der Waals surface area contributed by atoms with E-state index in [1.54, 1.807) is 17.0 Å². The Morgan fingerprint density at radius 1 is 0.952 bits per heavy atom. The molecule has 5 rings (SSSR count). The predicted octanol–water partition coefficient (Wildman–Crippen LogP) is 3.35. The second-order valence-corrected chi connectivity index (χ2v) is 11.7. The van der Waals surface area contributed by atoms with E-state index in [0.29, 0.717) is 31.7 Å². The zero-order chi connectivity index (χ0) is 30.2. The number of alkyl halides is 3. The number of hydrogen-bond acceptors (Lipinski definition) is 7. The van der Waals surface area contributed by atoms with E-state index >= 15 is 0 Å². The molecule has 0 bridgehead atoms. The quantitative estimate of drug-likeness (QED) is 0.360. The van der Waals surface area contributed by atoms with Gasteiger partial charge in [-0.3, -0.25) is 14.3 Å². The smallest absolute Gasteiger partial charge is 0.493 e. The Bertz CT molecular complexity index is 1780. The maximum atomic E-state index is 13.2. The molecule has 0 radical (unpaired) electrons. The van der Waals surface area contributed by atoms with Crippen LogP contribution < -0.4 is 10.6 Å². The van der Waals surface area contributed by atoms with E-state index in [-0.39, 0.29) is 29.5 Å². The van der Waals surface area contributed by atoms with Gasteiger partial charge in [0.15, 0.2) is 0 Å². The van der Waals surface area contributed by atoms with Gasteiger partial charge in [0, 0.05) is 38.1 Å². The normalized spacial score (nSPS) is 14.3. The van der Waals surface area contributed by atoms with Crippen molar-refractivity contribution in [3.05, 3.63) is 100 Å². The maximum Gasteiger partial charge on any atom is 0.501 e. The summed E-state index contributed by atoms with van der Waals surface area (Å²) in [5.41, 5.74) is -4.20. The van der Waals surface area contributed by atoms with Crippen LogP contribution in [0.25, 0.3) is 5.69 Å². The summed E-state index contributed by atoms with van der Waals surface area (Å²) in [6, 6.07) is 16.6. The summed E-state index contributed by atoms with van der Waals surface area (Å²) >= 11 is 0. The van der Waals surface area contributed by atoms with Crippen molar-refractivity contribution < 1.29 is 31.5 Å². The first-order valence-corrected chi connectivity index (χ1v) is 14.3. The monoisotopic (exact) mass is 601 g/mol. The molecule has 1 saturated heterocycles. The van der Waals surface area contributed by atoms with Crippen molar-refractivity contribution in [1.29, 1.82) is 0 Å². The van der Waals surface area contributed by atoms with Gasteiger partial charge in [-0.2, -0.15) is 13.2 Å². The number of piperazine rings is 1. The highest BCUT2D eigenvalue weighted by Crippen LogP contribution is 2.31. The van der Waals surface area contributed by atoms with Gasteiger partial charge in [0.2, 0.25) is 5.88 Å². The minimum atomic E-state index is -5.57. The number of halogens is 3. The van der Waals surface area contributed by atoms with Crippen LogP contribution in [-0.2, 0) is 16.4 Å². The first kappa shape index (κ1) is 28.9. The standard InChI is InChI=1S/C28H26F3N5O5S/c1-19-25(37)36(22-7-9-23(10-8-22)42(40,41)28(29,30)31)27(39)35(19)18-20-11-12-32-24(17-20)26(38)34-15-13-33(14-16-34)21-5-3-2-4-6-21/h2-12,17,37H,13-16,18H2,1H3. The number of carbonyl (C=O) groups is 1. The van der Waals surface area contributed by atoms with E-state index in [1.165, 1.54) is 17.7 Å². The van der Waals surface area contributed by atoms with Crippen LogP contribution in [0.3, 0.4) is 0 Å². The largest absolute Gasteiger partial charge is 0.501 e. The molecule has 1 aliphatic heterocycles. The summed E-state index contributed by atoms with van der Waals surface area (Å²) in [7, 11) is -5.57. The number of imidazole rings is 1. The van der Waals surface area contributed by atoms with Gasteiger partial charge in [-0.05, 0) is 61.0 Å². The van der Waals surface area contributed by atoms with Crippen LogP contribution in [0.4, 0.5) is 18.9 Å². The van der Waals surface area contributed by atoms with E-state index in [0.717, 1.165) is 34.5 Å². The highest BCUT2D eigenvalue weighted by molar-refractivity contribution is 7.92. The molecule has 10 nitrogen and oxygen atoms in total. The van der Waals surface area contributed by atoms with Crippen LogP contribution in [-0.4, -0.2) is 70.1 Å². The average molecular weight is 602 g/mol. The highest BCUT2D eigenvalue weighted by atomic mass is 32.2. The second-order valence-electron chi connectivity index (χ2n) is 9.72. The van der Waals surface area contributed by atoms with Crippen LogP contribution in [0.1, 0.15) is 21.7 Å². The summed E-state index contributed by atoms with van der Waals surface area (Å²) in [5.74, 6) is -0.712. The van der Waals surface area contributed by atoms with E-state index in [4.69, 9.17) is 0 Å². The lowest BCUT2D eigenvalue weighted by molar-refractivity contribution is -0.0436. The molecule has 0 atom stereocenters. The number of para-hydroxylation sites is 1. The van der Waals surface area contributed by atoms with Crippen molar-refractivity contribution >= 4 is 21.4 Å². The Morgan fingerprint density at radius 3 is 2.21 bits per heavy atom. The highest BCUT2D eigenvalue weighted by Gasteiger charge is 2.46. The molecule has 2 aromatic heterocycles. The number of aromatic nitrogens is 3. The molecule has 0 spiro atoms. The third kappa shape index (κ3) is 5.36. The molecular formula is C28H26F3N5O5S. The summed E-state index contributed by atoms with van der Waals surface area (Å²) in [6.07, 6.45) is 1.46. The summed E-state index contributed by atoms with van der Waals surface area (Å²) in [6.45, 7) is 3.81. The van der Waals surface area contributed by atoms with Gasteiger partial charge < -0.3 is 14.9 Å². The molecule has 0 saturated carbocycles. The predicted molar refractivity (Wildman–Crippen MR) is 148 cm³/mol. The topological polar surface area (TPSA) is 118 Å². The van der Waals surface area contributed by atoms with Gasteiger partial charge in [0.05, 0.1) is 22.8 Å². The fourth-order valence-corrected chi connectivity index (χ4v) is 5.57. The van der Waals surface area contributed by atoms with Gasteiger partial charge in [-0.25, -0.2) is 17.8 Å². The molecule has 0 aliphatic carbocycles. The molecular weight excluding hydrogens is 575 g/mol. The number of carbonyl (C=O) groups excluding carboxylic acids is 1. The summed E-state index contributed by atoms with van der Waals surface area (Å²) in [5, 5.41) is 10.7. The lowest BCUT2D eigenvalue weighted by atomic mass is 10.2. The first-order valence-electron chi connectivity index (χ1n) is 12.9. The Morgan fingerprint density at radius 2 is 1.60 bits per heavy atom. The molecule has 14 heteroatoms. The molecule has 1 fully saturated rings.